The number of para-hydroxylation sites is 1. The van der Waals surface area contributed by atoms with E-state index < -0.39 is 0 Å². The van der Waals surface area contributed by atoms with E-state index in [-0.39, 0.29) is 17.6 Å². The van der Waals surface area contributed by atoms with Gasteiger partial charge in [-0.1, -0.05) is 18.2 Å². The summed E-state index contributed by atoms with van der Waals surface area (Å²) in [6, 6.07) is 10.3. The lowest BCUT2D eigenvalue weighted by molar-refractivity contribution is -0.143. The van der Waals surface area contributed by atoms with Crippen molar-refractivity contribution in [3.63, 3.8) is 0 Å². The molecule has 2 aromatic rings. The molecule has 2 fully saturated rings. The van der Waals surface area contributed by atoms with Gasteiger partial charge in [0.15, 0.2) is 0 Å². The topological polar surface area (TPSA) is 42.4 Å². The van der Waals surface area contributed by atoms with Gasteiger partial charge < -0.3 is 9.64 Å². The largest absolute Gasteiger partial charge is 0.381 e. The van der Waals surface area contributed by atoms with Gasteiger partial charge >= 0.3 is 0 Å². The highest BCUT2D eigenvalue weighted by molar-refractivity contribution is 5.88. The highest BCUT2D eigenvalue weighted by atomic mass is 16.5. The first kappa shape index (κ1) is 16.5. The van der Waals surface area contributed by atoms with E-state index in [4.69, 9.17) is 4.74 Å². The van der Waals surface area contributed by atoms with Crippen molar-refractivity contribution in [2.45, 2.75) is 50.7 Å². The summed E-state index contributed by atoms with van der Waals surface area (Å²) < 4.78 is 5.52. The SMILES string of the molecule is COC1CCN(C(=O)[C@@H]2C[C@H]2c2ccnc3ccccc23)C(C)(C)C1. The second kappa shape index (κ2) is 6.10. The number of fused-ring (bicyclic) bond motifs is 1. The van der Waals surface area contributed by atoms with Gasteiger partial charge in [0.2, 0.25) is 5.91 Å². The van der Waals surface area contributed by atoms with Crippen LogP contribution in [0.2, 0.25) is 0 Å². The van der Waals surface area contributed by atoms with E-state index in [9.17, 15) is 4.79 Å². The van der Waals surface area contributed by atoms with E-state index in [2.05, 4.69) is 35.9 Å². The van der Waals surface area contributed by atoms with Gasteiger partial charge in [-0.25, -0.2) is 0 Å². The number of rotatable bonds is 3. The quantitative estimate of drug-likeness (QED) is 0.856. The Morgan fingerprint density at radius 2 is 2.08 bits per heavy atom. The summed E-state index contributed by atoms with van der Waals surface area (Å²) in [5.41, 5.74) is 2.15. The van der Waals surface area contributed by atoms with E-state index in [0.717, 1.165) is 31.3 Å². The lowest BCUT2D eigenvalue weighted by Crippen LogP contribution is -2.55. The highest BCUT2D eigenvalue weighted by Crippen LogP contribution is 2.51. The maximum atomic E-state index is 13.2. The molecule has 132 valence electrons. The fourth-order valence-electron chi connectivity index (χ4n) is 4.41. The lowest BCUT2D eigenvalue weighted by Gasteiger charge is -2.45. The maximum Gasteiger partial charge on any atom is 0.226 e. The zero-order valence-corrected chi connectivity index (χ0v) is 15.2. The van der Waals surface area contributed by atoms with Crippen LogP contribution < -0.4 is 0 Å². The Hall–Kier alpha value is -1.94. The third kappa shape index (κ3) is 2.93. The molecule has 1 unspecified atom stereocenters. The summed E-state index contributed by atoms with van der Waals surface area (Å²) in [6.45, 7) is 5.12. The molecule has 4 rings (SSSR count). The minimum Gasteiger partial charge on any atom is -0.381 e. The van der Waals surface area contributed by atoms with Crippen molar-refractivity contribution < 1.29 is 9.53 Å². The average molecular weight is 338 g/mol. The normalized spacial score (nSPS) is 28.1. The summed E-state index contributed by atoms with van der Waals surface area (Å²) in [7, 11) is 1.77. The number of hydrogen-bond donors (Lipinski definition) is 0. The van der Waals surface area contributed by atoms with Gasteiger partial charge in [-0.15, -0.1) is 0 Å². The second-order valence-corrected chi connectivity index (χ2v) is 8.02. The van der Waals surface area contributed by atoms with Gasteiger partial charge in [-0.05, 0) is 56.7 Å². The number of pyridine rings is 1. The summed E-state index contributed by atoms with van der Waals surface area (Å²) >= 11 is 0. The smallest absolute Gasteiger partial charge is 0.226 e. The molecule has 2 heterocycles. The van der Waals surface area contributed by atoms with Crippen molar-refractivity contribution in [1.29, 1.82) is 0 Å². The molecule has 1 aromatic carbocycles. The Kier molecular flexibility index (Phi) is 4.03. The molecule has 25 heavy (non-hydrogen) atoms. The molecule has 1 aliphatic heterocycles. The molecular weight excluding hydrogens is 312 g/mol. The molecule has 1 aliphatic carbocycles. The van der Waals surface area contributed by atoms with Crippen LogP contribution in [0.4, 0.5) is 0 Å². The Morgan fingerprint density at radius 3 is 2.84 bits per heavy atom. The van der Waals surface area contributed by atoms with Gasteiger partial charge in [-0.3, -0.25) is 9.78 Å². The Bertz CT molecular complexity index is 796. The standard InChI is InChI=1S/C21H26N2O2/c1-21(2)13-14(25-3)9-11-23(21)20(24)18-12-17(18)15-8-10-22-19-7-5-4-6-16(15)19/h4-8,10,14,17-18H,9,11-13H2,1-3H3/t14?,17-,18+/m0/s1. The van der Waals surface area contributed by atoms with Crippen molar-refractivity contribution in [3.05, 3.63) is 42.1 Å². The van der Waals surface area contributed by atoms with E-state index in [0.29, 0.717) is 11.8 Å². The molecule has 1 saturated heterocycles. The van der Waals surface area contributed by atoms with E-state index in [1.807, 2.05) is 24.4 Å². The third-order valence-electron chi connectivity index (χ3n) is 5.92. The molecule has 1 amide bonds. The first-order valence-corrected chi connectivity index (χ1v) is 9.19. The first-order valence-electron chi connectivity index (χ1n) is 9.19. The molecule has 4 heteroatoms. The van der Waals surface area contributed by atoms with Crippen molar-refractivity contribution in [2.75, 3.05) is 13.7 Å². The number of carbonyl (C=O) groups excluding carboxylic acids is 1. The number of likely N-dealkylation sites (tertiary alicyclic amines) is 1. The molecule has 0 radical (unpaired) electrons. The minimum atomic E-state index is -0.135. The Morgan fingerprint density at radius 1 is 1.28 bits per heavy atom. The van der Waals surface area contributed by atoms with Crippen molar-refractivity contribution in [3.8, 4) is 0 Å². The molecule has 0 spiro atoms. The predicted molar refractivity (Wildman–Crippen MR) is 98.4 cm³/mol. The lowest BCUT2D eigenvalue weighted by atomic mass is 9.87. The summed E-state index contributed by atoms with van der Waals surface area (Å²) in [5, 5.41) is 1.18. The van der Waals surface area contributed by atoms with Crippen LogP contribution in [0.1, 0.15) is 44.6 Å². The van der Waals surface area contributed by atoms with Crippen LogP contribution in [0.25, 0.3) is 10.9 Å². The van der Waals surface area contributed by atoms with E-state index in [1.54, 1.807) is 7.11 Å². The first-order chi connectivity index (χ1) is 12.0. The summed E-state index contributed by atoms with van der Waals surface area (Å²) in [5.74, 6) is 0.756. The molecular formula is C21H26N2O2. The van der Waals surface area contributed by atoms with Crippen molar-refractivity contribution in [1.82, 2.24) is 9.88 Å². The van der Waals surface area contributed by atoms with Crippen LogP contribution in [0, 0.1) is 5.92 Å². The average Bonchev–Trinajstić information content (AvgIpc) is 3.40. The molecule has 3 atom stereocenters. The number of piperidine rings is 1. The van der Waals surface area contributed by atoms with Crippen LogP contribution >= 0.6 is 0 Å². The van der Waals surface area contributed by atoms with Crippen LogP contribution in [-0.4, -0.2) is 41.1 Å². The molecule has 4 nitrogen and oxygen atoms in total. The fourth-order valence-corrected chi connectivity index (χ4v) is 4.41. The van der Waals surface area contributed by atoms with Crippen LogP contribution in [0.3, 0.4) is 0 Å². The van der Waals surface area contributed by atoms with Gasteiger partial charge in [-0.2, -0.15) is 0 Å². The van der Waals surface area contributed by atoms with Gasteiger partial charge in [0.25, 0.3) is 0 Å². The summed E-state index contributed by atoms with van der Waals surface area (Å²) in [4.78, 5) is 19.7. The van der Waals surface area contributed by atoms with Crippen molar-refractivity contribution in [2.24, 2.45) is 5.92 Å². The number of ether oxygens (including phenoxy) is 1. The molecule has 0 N–H and O–H groups in total. The monoisotopic (exact) mass is 338 g/mol. The molecule has 1 aromatic heterocycles. The number of hydrogen-bond acceptors (Lipinski definition) is 3. The number of aromatic nitrogens is 1. The number of benzene rings is 1. The number of carbonyl (C=O) groups is 1. The highest BCUT2D eigenvalue weighted by Gasteiger charge is 2.49. The van der Waals surface area contributed by atoms with E-state index in [1.165, 1.54) is 10.9 Å². The van der Waals surface area contributed by atoms with Crippen LogP contribution in [0.15, 0.2) is 36.5 Å². The molecule has 0 bridgehead atoms. The van der Waals surface area contributed by atoms with E-state index >= 15 is 0 Å². The zero-order valence-electron chi connectivity index (χ0n) is 15.2. The number of amides is 1. The number of methoxy groups -OCH3 is 1. The molecule has 1 saturated carbocycles. The third-order valence-corrected chi connectivity index (χ3v) is 5.92. The van der Waals surface area contributed by atoms with Gasteiger partial charge in [0, 0.05) is 36.7 Å². The van der Waals surface area contributed by atoms with Gasteiger partial charge in [0.05, 0.1) is 11.6 Å². The van der Waals surface area contributed by atoms with Crippen molar-refractivity contribution >= 4 is 16.8 Å². The Balaban J connectivity index is 1.54. The Labute approximate surface area is 149 Å². The van der Waals surface area contributed by atoms with Crippen LogP contribution in [-0.2, 0) is 9.53 Å². The second-order valence-electron chi connectivity index (χ2n) is 8.02. The van der Waals surface area contributed by atoms with Crippen LogP contribution in [0.5, 0.6) is 0 Å². The predicted octanol–water partition coefficient (Wildman–Crippen LogP) is 3.75. The summed E-state index contributed by atoms with van der Waals surface area (Å²) in [6.07, 6.45) is 4.92. The zero-order chi connectivity index (χ0) is 17.6. The number of nitrogens with zero attached hydrogens (tertiary/aromatic N) is 2. The van der Waals surface area contributed by atoms with Gasteiger partial charge in [0.1, 0.15) is 0 Å². The molecule has 2 aliphatic rings. The minimum absolute atomic E-state index is 0.115. The fraction of sp³-hybridized carbons (Fsp3) is 0.524. The maximum absolute atomic E-state index is 13.2.